The molecule has 0 bridgehead atoms. The minimum absolute atomic E-state index is 0. The second kappa shape index (κ2) is 10.1. The number of likely N-dealkylation sites (tertiary alicyclic amines) is 1. The van der Waals surface area contributed by atoms with Crippen LogP contribution in [0.2, 0.25) is 0 Å². The summed E-state index contributed by atoms with van der Waals surface area (Å²) < 4.78 is 0. The molecule has 0 aromatic carbocycles. The number of carbonyl (C=O) groups is 1. The molecular formula is C20H32Cl2N4O. The highest BCUT2D eigenvalue weighted by Gasteiger charge is 2.50. The summed E-state index contributed by atoms with van der Waals surface area (Å²) in [6, 6.07) is 4.52. The Labute approximate surface area is 174 Å². The summed E-state index contributed by atoms with van der Waals surface area (Å²) in [7, 11) is 0. The summed E-state index contributed by atoms with van der Waals surface area (Å²) in [4.78, 5) is 19.6. The number of piperidine rings is 1. The minimum atomic E-state index is -0.119. The van der Waals surface area contributed by atoms with Crippen molar-refractivity contribution in [2.75, 3.05) is 26.2 Å². The largest absolute Gasteiger partial charge is 0.353 e. The molecule has 152 valence electrons. The number of carbonyl (C=O) groups excluding carboxylic acids is 1. The lowest BCUT2D eigenvalue weighted by Crippen LogP contribution is -2.53. The molecule has 0 spiro atoms. The van der Waals surface area contributed by atoms with Crippen LogP contribution in [0.25, 0.3) is 0 Å². The third kappa shape index (κ3) is 4.94. The van der Waals surface area contributed by atoms with E-state index in [1.165, 1.54) is 24.8 Å². The first-order chi connectivity index (χ1) is 12.3. The Kier molecular flexibility index (Phi) is 8.35. The van der Waals surface area contributed by atoms with E-state index in [1.54, 1.807) is 0 Å². The maximum Gasteiger partial charge on any atom is 0.228 e. The molecule has 3 fully saturated rings. The second-order valence-corrected chi connectivity index (χ2v) is 8.11. The van der Waals surface area contributed by atoms with Crippen LogP contribution in [0.5, 0.6) is 0 Å². The Morgan fingerprint density at radius 3 is 2.67 bits per heavy atom. The highest BCUT2D eigenvalue weighted by molar-refractivity contribution is 5.85. The molecule has 2 aliphatic heterocycles. The molecule has 3 aliphatic rings. The van der Waals surface area contributed by atoms with E-state index in [1.807, 2.05) is 12.4 Å². The van der Waals surface area contributed by atoms with E-state index in [2.05, 4.69) is 32.7 Å². The van der Waals surface area contributed by atoms with Gasteiger partial charge in [0.15, 0.2) is 0 Å². The van der Waals surface area contributed by atoms with Crippen LogP contribution in [0.3, 0.4) is 0 Å². The summed E-state index contributed by atoms with van der Waals surface area (Å²) >= 11 is 0. The third-order valence-corrected chi connectivity index (χ3v) is 6.57. The normalized spacial score (nSPS) is 28.5. The molecule has 1 aliphatic carbocycles. The van der Waals surface area contributed by atoms with Crippen molar-refractivity contribution in [3.8, 4) is 0 Å². The molecular weight excluding hydrogens is 383 g/mol. The van der Waals surface area contributed by atoms with Gasteiger partial charge in [0.05, 0.1) is 5.41 Å². The summed E-state index contributed by atoms with van der Waals surface area (Å²) in [6.07, 6.45) is 10.6. The molecule has 3 heterocycles. The standard InChI is InChI=1S/C20H30N4O.2ClH/c25-19(20-8-2-1-3-17(20)13-22-15-20)23-18-6-11-24(12-7-18)14-16-4-9-21-10-5-16;;/h4-5,9-10,17-18,22H,1-3,6-8,11-15H2,(H,23,25);2*1H/t17-,20+;;/m0../s1. The van der Waals surface area contributed by atoms with E-state index in [9.17, 15) is 4.79 Å². The maximum absolute atomic E-state index is 13.1. The zero-order valence-corrected chi connectivity index (χ0v) is 17.5. The van der Waals surface area contributed by atoms with Gasteiger partial charge in [-0.1, -0.05) is 12.8 Å². The summed E-state index contributed by atoms with van der Waals surface area (Å²) in [6.45, 7) is 5.01. The molecule has 2 saturated heterocycles. The molecule has 1 amide bonds. The Bertz CT molecular complexity index is 595. The quantitative estimate of drug-likeness (QED) is 0.794. The lowest BCUT2D eigenvalue weighted by molar-refractivity contribution is -0.135. The van der Waals surface area contributed by atoms with Crippen LogP contribution in [0.1, 0.15) is 44.1 Å². The average Bonchev–Trinajstić information content (AvgIpc) is 3.10. The predicted molar refractivity (Wildman–Crippen MR) is 112 cm³/mol. The number of amides is 1. The average molecular weight is 415 g/mol. The van der Waals surface area contributed by atoms with Crippen LogP contribution < -0.4 is 10.6 Å². The highest BCUT2D eigenvalue weighted by atomic mass is 35.5. The van der Waals surface area contributed by atoms with Gasteiger partial charge in [-0.05, 0) is 55.8 Å². The Morgan fingerprint density at radius 1 is 1.19 bits per heavy atom. The number of nitrogens with one attached hydrogen (secondary N) is 2. The molecule has 4 rings (SSSR count). The SMILES string of the molecule is Cl.Cl.O=C(NC1CCN(Cc2ccncc2)CC1)[C@@]12CCCC[C@H]1CNC2. The first-order valence-electron chi connectivity index (χ1n) is 9.89. The first-order valence-corrected chi connectivity index (χ1v) is 9.89. The molecule has 27 heavy (non-hydrogen) atoms. The van der Waals surface area contributed by atoms with E-state index in [-0.39, 0.29) is 30.2 Å². The lowest BCUT2D eigenvalue weighted by atomic mass is 9.67. The fraction of sp³-hybridized carbons (Fsp3) is 0.700. The molecule has 0 unspecified atom stereocenters. The van der Waals surface area contributed by atoms with E-state index < -0.39 is 0 Å². The van der Waals surface area contributed by atoms with E-state index in [4.69, 9.17) is 0 Å². The fourth-order valence-corrected chi connectivity index (χ4v) is 5.00. The van der Waals surface area contributed by atoms with Gasteiger partial charge in [0.2, 0.25) is 5.91 Å². The summed E-state index contributed by atoms with van der Waals surface area (Å²) in [5.41, 5.74) is 1.20. The smallest absolute Gasteiger partial charge is 0.228 e. The van der Waals surface area contributed by atoms with Crippen molar-refractivity contribution in [1.29, 1.82) is 0 Å². The Balaban J connectivity index is 0.00000131. The molecule has 1 saturated carbocycles. The number of halogens is 2. The van der Waals surface area contributed by atoms with Gasteiger partial charge < -0.3 is 10.6 Å². The van der Waals surface area contributed by atoms with E-state index in [0.717, 1.165) is 52.0 Å². The molecule has 2 atom stereocenters. The van der Waals surface area contributed by atoms with Crippen molar-refractivity contribution in [3.05, 3.63) is 30.1 Å². The van der Waals surface area contributed by atoms with Gasteiger partial charge in [-0.15, -0.1) is 24.8 Å². The number of pyridine rings is 1. The minimum Gasteiger partial charge on any atom is -0.353 e. The van der Waals surface area contributed by atoms with Crippen molar-refractivity contribution in [2.45, 2.75) is 51.1 Å². The van der Waals surface area contributed by atoms with Crippen molar-refractivity contribution in [3.63, 3.8) is 0 Å². The van der Waals surface area contributed by atoms with Crippen LogP contribution in [0, 0.1) is 11.3 Å². The van der Waals surface area contributed by atoms with Gasteiger partial charge in [-0.25, -0.2) is 0 Å². The molecule has 1 aromatic rings. The van der Waals surface area contributed by atoms with Gasteiger partial charge in [0.25, 0.3) is 0 Å². The summed E-state index contributed by atoms with van der Waals surface area (Å²) in [5.74, 6) is 0.878. The number of hydrogen-bond acceptors (Lipinski definition) is 4. The molecule has 7 heteroatoms. The van der Waals surface area contributed by atoms with Gasteiger partial charge in [-0.2, -0.15) is 0 Å². The first kappa shape index (κ1) is 22.4. The van der Waals surface area contributed by atoms with Crippen molar-refractivity contribution >= 4 is 30.7 Å². The number of nitrogens with zero attached hydrogens (tertiary/aromatic N) is 2. The third-order valence-electron chi connectivity index (χ3n) is 6.57. The van der Waals surface area contributed by atoms with Crippen molar-refractivity contribution in [1.82, 2.24) is 20.5 Å². The maximum atomic E-state index is 13.1. The topological polar surface area (TPSA) is 57.3 Å². The molecule has 5 nitrogen and oxygen atoms in total. The van der Waals surface area contributed by atoms with Crippen LogP contribution in [0.4, 0.5) is 0 Å². The zero-order chi connectivity index (χ0) is 17.1. The number of rotatable bonds is 4. The second-order valence-electron chi connectivity index (χ2n) is 8.11. The molecule has 2 N–H and O–H groups in total. The molecule has 1 aromatic heterocycles. The highest BCUT2D eigenvalue weighted by Crippen LogP contribution is 2.44. The van der Waals surface area contributed by atoms with Crippen LogP contribution >= 0.6 is 24.8 Å². The van der Waals surface area contributed by atoms with Crippen LogP contribution in [0.15, 0.2) is 24.5 Å². The van der Waals surface area contributed by atoms with Gasteiger partial charge in [-0.3, -0.25) is 14.7 Å². The Morgan fingerprint density at radius 2 is 1.93 bits per heavy atom. The number of hydrogen-bond donors (Lipinski definition) is 2. The number of aromatic nitrogens is 1. The molecule has 0 radical (unpaired) electrons. The monoisotopic (exact) mass is 414 g/mol. The van der Waals surface area contributed by atoms with Crippen LogP contribution in [-0.4, -0.2) is 48.0 Å². The van der Waals surface area contributed by atoms with Gasteiger partial charge in [0, 0.05) is 44.6 Å². The lowest BCUT2D eigenvalue weighted by Gasteiger charge is -2.39. The van der Waals surface area contributed by atoms with Gasteiger partial charge in [0.1, 0.15) is 0 Å². The summed E-state index contributed by atoms with van der Waals surface area (Å²) in [5, 5.41) is 6.90. The van der Waals surface area contributed by atoms with E-state index >= 15 is 0 Å². The number of fused-ring (bicyclic) bond motifs is 1. The van der Waals surface area contributed by atoms with E-state index in [0.29, 0.717) is 17.9 Å². The van der Waals surface area contributed by atoms with Crippen molar-refractivity contribution in [2.24, 2.45) is 11.3 Å². The van der Waals surface area contributed by atoms with Crippen LogP contribution in [-0.2, 0) is 11.3 Å². The predicted octanol–water partition coefficient (Wildman–Crippen LogP) is 2.79. The van der Waals surface area contributed by atoms with Gasteiger partial charge >= 0.3 is 0 Å². The zero-order valence-electron chi connectivity index (χ0n) is 15.9. The Hall–Kier alpha value is -0.880. The van der Waals surface area contributed by atoms with Crippen molar-refractivity contribution < 1.29 is 4.79 Å². The fourth-order valence-electron chi connectivity index (χ4n) is 5.00.